The van der Waals surface area contributed by atoms with E-state index in [2.05, 4.69) is 0 Å². The fourth-order valence-corrected chi connectivity index (χ4v) is 1.00. The molecule has 1 atom stereocenters. The summed E-state index contributed by atoms with van der Waals surface area (Å²) < 4.78 is 10.4. The zero-order chi connectivity index (χ0) is 9.52. The van der Waals surface area contributed by atoms with E-state index >= 15 is 0 Å². The predicted molar refractivity (Wildman–Crippen MR) is 61.2 cm³/mol. The van der Waals surface area contributed by atoms with Crippen molar-refractivity contribution in [2.24, 2.45) is 0 Å². The average molecular weight is 213 g/mol. The largest absolute Gasteiger partial charge is 0.412 e. The number of methoxy groups -OCH3 is 1. The highest BCUT2D eigenvalue weighted by Crippen LogP contribution is 1.96. The second-order valence-corrected chi connectivity index (χ2v) is 2.74. The lowest BCUT2D eigenvalue weighted by Gasteiger charge is -2.13. The van der Waals surface area contributed by atoms with Gasteiger partial charge < -0.3 is 20.3 Å². The maximum absolute atomic E-state index is 5.38. The van der Waals surface area contributed by atoms with Gasteiger partial charge in [-0.25, -0.2) is 0 Å². The zero-order valence-corrected chi connectivity index (χ0v) is 9.07. The summed E-state index contributed by atoms with van der Waals surface area (Å²) in [6, 6.07) is 9.90. The Bertz CT molecular complexity index is 226. The monoisotopic (exact) mass is 213 g/mol. The smallest absolute Gasteiger partial charge is 0.333 e. The molecule has 85 valence electrons. The van der Waals surface area contributed by atoms with Gasteiger partial charge in [-0.05, 0) is 6.42 Å². The second kappa shape index (κ2) is 9.67. The Morgan fingerprint density at radius 3 is 2.27 bits per heavy atom. The van der Waals surface area contributed by atoms with E-state index in [-0.39, 0.29) is 17.2 Å². The Morgan fingerprint density at radius 2 is 1.80 bits per heavy atom. The Hall–Kier alpha value is -0.875. The third kappa shape index (κ3) is 6.25. The van der Waals surface area contributed by atoms with Gasteiger partial charge in [0, 0.05) is 7.11 Å². The van der Waals surface area contributed by atoms with Crippen molar-refractivity contribution in [3.63, 3.8) is 0 Å². The molecule has 0 saturated heterocycles. The predicted octanol–water partition coefficient (Wildman–Crippen LogP) is -0.319. The first-order valence-electron chi connectivity index (χ1n) is 4.43. The molecule has 1 rings (SSSR count). The molecule has 0 spiro atoms. The van der Waals surface area contributed by atoms with Crippen LogP contribution in [0.15, 0.2) is 30.3 Å². The van der Waals surface area contributed by atoms with Crippen molar-refractivity contribution in [3.05, 3.63) is 30.3 Å². The standard InChI is InChI=1S/C10H14BO2.2H2O/c1-3-10(12-2)13-11-9-7-5-4-6-8-9;;/h4-8,10H,3H2,1-2H3;2*1H2. The third-order valence-electron chi connectivity index (χ3n) is 1.75. The molecular formula is C10H18BO4. The van der Waals surface area contributed by atoms with E-state index in [1.54, 1.807) is 14.6 Å². The molecule has 5 heteroatoms. The van der Waals surface area contributed by atoms with Crippen molar-refractivity contribution in [2.75, 3.05) is 7.11 Å². The van der Waals surface area contributed by atoms with Crippen molar-refractivity contribution in [2.45, 2.75) is 19.6 Å². The summed E-state index contributed by atoms with van der Waals surface area (Å²) in [5, 5.41) is 0. The molecule has 0 saturated carbocycles. The van der Waals surface area contributed by atoms with Crippen LogP contribution in [0.5, 0.6) is 0 Å². The highest BCUT2D eigenvalue weighted by molar-refractivity contribution is 6.46. The normalized spacial score (nSPS) is 10.8. The van der Waals surface area contributed by atoms with E-state index < -0.39 is 0 Å². The molecule has 0 aliphatic carbocycles. The van der Waals surface area contributed by atoms with Crippen LogP contribution in [0, 0.1) is 0 Å². The minimum Gasteiger partial charge on any atom is -0.412 e. The fraction of sp³-hybridized carbons (Fsp3) is 0.400. The number of hydrogen-bond acceptors (Lipinski definition) is 2. The summed E-state index contributed by atoms with van der Waals surface area (Å²) in [6.45, 7) is 2.02. The minimum absolute atomic E-state index is 0. The van der Waals surface area contributed by atoms with Crippen LogP contribution in [0.2, 0.25) is 0 Å². The lowest BCUT2D eigenvalue weighted by Crippen LogP contribution is -2.24. The summed E-state index contributed by atoms with van der Waals surface area (Å²) >= 11 is 0. The van der Waals surface area contributed by atoms with Crippen molar-refractivity contribution < 1.29 is 20.3 Å². The Balaban J connectivity index is 0. The first-order valence-corrected chi connectivity index (χ1v) is 4.43. The van der Waals surface area contributed by atoms with Crippen LogP contribution in [-0.4, -0.2) is 31.8 Å². The molecule has 0 fully saturated rings. The molecule has 1 radical (unpaired) electrons. The number of benzene rings is 1. The second-order valence-electron chi connectivity index (χ2n) is 2.74. The van der Waals surface area contributed by atoms with E-state index in [1.165, 1.54) is 0 Å². The van der Waals surface area contributed by atoms with Gasteiger partial charge in [-0.1, -0.05) is 42.7 Å². The molecular weight excluding hydrogens is 195 g/mol. The summed E-state index contributed by atoms with van der Waals surface area (Å²) in [4.78, 5) is 0. The van der Waals surface area contributed by atoms with Gasteiger partial charge in [0.05, 0.1) is 0 Å². The van der Waals surface area contributed by atoms with E-state index in [0.29, 0.717) is 0 Å². The van der Waals surface area contributed by atoms with Gasteiger partial charge in [-0.2, -0.15) is 0 Å². The summed E-state index contributed by atoms with van der Waals surface area (Å²) in [7, 11) is 3.37. The van der Waals surface area contributed by atoms with Crippen LogP contribution >= 0.6 is 0 Å². The molecule has 4 N–H and O–H groups in total. The summed E-state index contributed by atoms with van der Waals surface area (Å²) in [5.41, 5.74) is 1.05. The summed E-state index contributed by atoms with van der Waals surface area (Å²) in [5.74, 6) is 0. The number of rotatable bonds is 5. The molecule has 1 aromatic carbocycles. The van der Waals surface area contributed by atoms with Gasteiger partial charge in [-0.15, -0.1) is 0 Å². The lowest BCUT2D eigenvalue weighted by molar-refractivity contribution is -0.0525. The highest BCUT2D eigenvalue weighted by atomic mass is 16.7. The molecule has 1 unspecified atom stereocenters. The first kappa shape index (κ1) is 16.6. The van der Waals surface area contributed by atoms with Gasteiger partial charge in [0.25, 0.3) is 0 Å². The molecule has 0 bridgehead atoms. The average Bonchev–Trinajstić information content (AvgIpc) is 2.21. The van der Waals surface area contributed by atoms with Crippen LogP contribution in [0.4, 0.5) is 0 Å². The quantitative estimate of drug-likeness (QED) is 0.496. The van der Waals surface area contributed by atoms with Crippen LogP contribution in [0.3, 0.4) is 0 Å². The lowest BCUT2D eigenvalue weighted by atomic mass is 9.88. The van der Waals surface area contributed by atoms with E-state index in [9.17, 15) is 0 Å². The topological polar surface area (TPSA) is 81.5 Å². The van der Waals surface area contributed by atoms with Gasteiger partial charge in [0.2, 0.25) is 0 Å². The molecule has 15 heavy (non-hydrogen) atoms. The summed E-state index contributed by atoms with van der Waals surface area (Å²) in [6.07, 6.45) is 0.708. The van der Waals surface area contributed by atoms with Crippen LogP contribution in [0.1, 0.15) is 13.3 Å². The first-order chi connectivity index (χ1) is 6.36. The van der Waals surface area contributed by atoms with E-state index in [4.69, 9.17) is 9.39 Å². The minimum atomic E-state index is -0.139. The van der Waals surface area contributed by atoms with Gasteiger partial charge >= 0.3 is 7.48 Å². The molecule has 4 nitrogen and oxygen atoms in total. The molecule has 0 aliphatic rings. The zero-order valence-electron chi connectivity index (χ0n) is 9.07. The highest BCUT2D eigenvalue weighted by Gasteiger charge is 2.04. The molecule has 0 heterocycles. The van der Waals surface area contributed by atoms with E-state index in [0.717, 1.165) is 11.9 Å². The third-order valence-corrected chi connectivity index (χ3v) is 1.75. The van der Waals surface area contributed by atoms with Crippen LogP contribution < -0.4 is 5.46 Å². The molecule has 0 aromatic heterocycles. The van der Waals surface area contributed by atoms with Gasteiger partial charge in [0.1, 0.15) is 6.29 Å². The number of ether oxygens (including phenoxy) is 1. The van der Waals surface area contributed by atoms with Crippen LogP contribution in [0.25, 0.3) is 0 Å². The maximum Gasteiger partial charge on any atom is 0.333 e. The number of hydrogen-bond donors (Lipinski definition) is 0. The maximum atomic E-state index is 5.38. The SMILES string of the molecule is CCC(OC)O[B]c1ccccc1.O.O. The van der Waals surface area contributed by atoms with Crippen LogP contribution in [-0.2, 0) is 9.39 Å². The van der Waals surface area contributed by atoms with E-state index in [1.807, 2.05) is 37.3 Å². The van der Waals surface area contributed by atoms with Crippen molar-refractivity contribution in [1.29, 1.82) is 0 Å². The van der Waals surface area contributed by atoms with Crippen molar-refractivity contribution >= 4 is 12.9 Å². The van der Waals surface area contributed by atoms with Gasteiger partial charge in [0.15, 0.2) is 0 Å². The molecule has 0 amide bonds. The van der Waals surface area contributed by atoms with Crippen molar-refractivity contribution in [1.82, 2.24) is 0 Å². The Kier molecular flexibility index (Phi) is 10.7. The molecule has 0 aliphatic heterocycles. The Labute approximate surface area is 91.1 Å². The van der Waals surface area contributed by atoms with Crippen molar-refractivity contribution in [3.8, 4) is 0 Å². The van der Waals surface area contributed by atoms with Gasteiger partial charge in [-0.3, -0.25) is 0 Å². The molecule has 1 aromatic rings. The Morgan fingerprint density at radius 1 is 1.20 bits per heavy atom. The fourth-order valence-electron chi connectivity index (χ4n) is 1.00.